The number of carbonyl (C=O) groups excluding carboxylic acids is 1. The van der Waals surface area contributed by atoms with Crippen molar-refractivity contribution in [1.82, 2.24) is 20.4 Å². The summed E-state index contributed by atoms with van der Waals surface area (Å²) in [7, 11) is 0. The van der Waals surface area contributed by atoms with Crippen molar-refractivity contribution < 1.29 is 26.9 Å². The van der Waals surface area contributed by atoms with Crippen molar-refractivity contribution in [3.8, 4) is 11.4 Å². The summed E-state index contributed by atoms with van der Waals surface area (Å²) in [4.78, 5) is 19.9. The van der Waals surface area contributed by atoms with Gasteiger partial charge >= 0.3 is 6.18 Å². The van der Waals surface area contributed by atoms with Crippen LogP contribution in [0, 0.1) is 12.7 Å². The van der Waals surface area contributed by atoms with Gasteiger partial charge in [-0.2, -0.15) is 13.2 Å². The lowest BCUT2D eigenvalue weighted by atomic mass is 10.1. The fraction of sp³-hybridized carbons (Fsp3) is 0.294. The maximum Gasteiger partial charge on any atom is 0.405 e. The lowest BCUT2D eigenvalue weighted by Crippen LogP contribution is -2.33. The van der Waals surface area contributed by atoms with Gasteiger partial charge in [0, 0.05) is 12.0 Å². The molecule has 3 heterocycles. The van der Waals surface area contributed by atoms with Gasteiger partial charge in [-0.25, -0.2) is 9.37 Å². The van der Waals surface area contributed by atoms with E-state index in [0.29, 0.717) is 35.0 Å². The lowest BCUT2D eigenvalue weighted by Gasteiger charge is -2.06. The van der Waals surface area contributed by atoms with Crippen LogP contribution < -0.4 is 5.32 Å². The zero-order valence-electron chi connectivity index (χ0n) is 14.5. The van der Waals surface area contributed by atoms with Crippen LogP contribution in [-0.4, -0.2) is 33.8 Å². The molecule has 28 heavy (non-hydrogen) atoms. The molecule has 0 spiro atoms. The fourth-order valence-corrected chi connectivity index (χ4v) is 3.27. The summed E-state index contributed by atoms with van der Waals surface area (Å²) in [5.41, 5.74) is 1.70. The van der Waals surface area contributed by atoms with Crippen LogP contribution in [0.2, 0.25) is 0 Å². The Hall–Kier alpha value is -2.82. The van der Waals surface area contributed by atoms with Crippen LogP contribution in [-0.2, 0) is 12.8 Å². The molecule has 0 aliphatic carbocycles. The minimum atomic E-state index is -4.47. The second-order valence-corrected chi connectivity index (χ2v) is 6.96. The van der Waals surface area contributed by atoms with E-state index in [1.165, 1.54) is 18.3 Å². The van der Waals surface area contributed by atoms with Crippen LogP contribution in [0.4, 0.5) is 17.6 Å². The molecular formula is C17H14F4N4O2S. The van der Waals surface area contributed by atoms with Crippen LogP contribution in [0.3, 0.4) is 0 Å². The molecular weight excluding hydrogens is 400 g/mol. The minimum Gasteiger partial charge on any atom is -0.361 e. The van der Waals surface area contributed by atoms with Gasteiger partial charge in [-0.05, 0) is 25.5 Å². The summed E-state index contributed by atoms with van der Waals surface area (Å²) in [6.07, 6.45) is -1.27. The average molecular weight is 414 g/mol. The maximum absolute atomic E-state index is 13.1. The number of pyridine rings is 1. The van der Waals surface area contributed by atoms with E-state index in [4.69, 9.17) is 4.52 Å². The fourth-order valence-electron chi connectivity index (χ4n) is 2.43. The second kappa shape index (κ2) is 8.05. The van der Waals surface area contributed by atoms with Crippen LogP contribution in [0.1, 0.15) is 26.0 Å². The highest BCUT2D eigenvalue weighted by atomic mass is 32.1. The molecule has 6 nitrogen and oxygen atoms in total. The van der Waals surface area contributed by atoms with Crippen molar-refractivity contribution in [2.45, 2.75) is 25.9 Å². The smallest absolute Gasteiger partial charge is 0.361 e. The first kappa shape index (κ1) is 19.9. The third-order valence-corrected chi connectivity index (χ3v) is 4.83. The highest BCUT2D eigenvalue weighted by Gasteiger charge is 2.28. The molecule has 0 atom stereocenters. The van der Waals surface area contributed by atoms with Crippen LogP contribution in [0.25, 0.3) is 11.4 Å². The summed E-state index contributed by atoms with van der Waals surface area (Å²) in [5, 5.41) is 6.35. The van der Waals surface area contributed by atoms with Gasteiger partial charge in [0.25, 0.3) is 5.91 Å². The first-order valence-corrected chi connectivity index (χ1v) is 8.91. The van der Waals surface area contributed by atoms with Crippen molar-refractivity contribution in [3.05, 3.63) is 51.6 Å². The van der Waals surface area contributed by atoms with Gasteiger partial charge in [0.2, 0.25) is 0 Å². The topological polar surface area (TPSA) is 80.9 Å². The van der Waals surface area contributed by atoms with Gasteiger partial charge in [-0.1, -0.05) is 5.16 Å². The summed E-state index contributed by atoms with van der Waals surface area (Å²) in [6, 6.07) is 2.76. The van der Waals surface area contributed by atoms with Gasteiger partial charge in [-0.3, -0.25) is 9.78 Å². The summed E-state index contributed by atoms with van der Waals surface area (Å²) in [5.74, 6) is -0.719. The number of nitrogens with one attached hydrogen (secondary N) is 1. The molecule has 0 radical (unpaired) electrons. The Morgan fingerprint density at radius 2 is 2.00 bits per heavy atom. The zero-order chi connectivity index (χ0) is 20.3. The zero-order valence-corrected chi connectivity index (χ0v) is 15.3. The maximum atomic E-state index is 13.1. The number of carbonyl (C=O) groups is 1. The van der Waals surface area contributed by atoms with Gasteiger partial charge in [-0.15, -0.1) is 11.3 Å². The highest BCUT2D eigenvalue weighted by molar-refractivity contribution is 7.13. The number of alkyl halides is 3. The molecule has 3 rings (SSSR count). The molecule has 0 aliphatic rings. The number of thiazole rings is 1. The van der Waals surface area contributed by atoms with E-state index in [2.05, 4.69) is 15.1 Å². The Morgan fingerprint density at radius 3 is 2.68 bits per heavy atom. The number of amides is 1. The molecule has 3 aromatic rings. The predicted molar refractivity (Wildman–Crippen MR) is 92.3 cm³/mol. The third-order valence-electron chi connectivity index (χ3n) is 3.77. The molecule has 0 saturated heterocycles. The molecule has 0 unspecified atom stereocenters. The van der Waals surface area contributed by atoms with E-state index < -0.39 is 24.4 Å². The van der Waals surface area contributed by atoms with E-state index in [9.17, 15) is 22.4 Å². The summed E-state index contributed by atoms with van der Waals surface area (Å²) < 4.78 is 54.8. The second-order valence-electron chi connectivity index (χ2n) is 5.84. The molecule has 11 heteroatoms. The number of halogens is 4. The van der Waals surface area contributed by atoms with Crippen LogP contribution in [0.5, 0.6) is 0 Å². The molecule has 0 bridgehead atoms. The number of aromatic nitrogens is 3. The van der Waals surface area contributed by atoms with Gasteiger partial charge in [0.15, 0.2) is 0 Å². The number of aryl methyl sites for hydroxylation is 2. The largest absolute Gasteiger partial charge is 0.405 e. The van der Waals surface area contributed by atoms with Gasteiger partial charge in [0.1, 0.15) is 28.7 Å². The minimum absolute atomic E-state index is 0.0988. The van der Waals surface area contributed by atoms with Crippen LogP contribution in [0.15, 0.2) is 29.0 Å². The number of hydrogen-bond donors (Lipinski definition) is 1. The Morgan fingerprint density at radius 1 is 1.21 bits per heavy atom. The molecule has 0 aromatic carbocycles. The third kappa shape index (κ3) is 4.91. The predicted octanol–water partition coefficient (Wildman–Crippen LogP) is 3.72. The Bertz CT molecular complexity index is 966. The van der Waals surface area contributed by atoms with E-state index in [1.807, 2.05) is 5.32 Å². The number of rotatable bonds is 6. The van der Waals surface area contributed by atoms with Crippen molar-refractivity contribution in [2.24, 2.45) is 0 Å². The Kier molecular flexibility index (Phi) is 5.73. The molecule has 0 fully saturated rings. The molecule has 148 valence electrons. The van der Waals surface area contributed by atoms with Crippen molar-refractivity contribution in [2.75, 3.05) is 6.54 Å². The molecule has 0 aliphatic heterocycles. The molecule has 0 saturated carbocycles. The Balaban J connectivity index is 1.67. The standard InChI is InChI=1S/C17H14F4N4O2S/c1-9-11(15(25-27-9)12-4-2-10(18)6-22-12)3-5-14-23-7-13(28-14)16(26)24-8-17(19,20)21/h2,4,6-7H,3,5,8H2,1H3,(H,24,26). The highest BCUT2D eigenvalue weighted by Crippen LogP contribution is 2.26. The number of nitrogens with zero attached hydrogens (tertiary/aromatic N) is 3. The van der Waals surface area contributed by atoms with Crippen molar-refractivity contribution in [3.63, 3.8) is 0 Å². The van der Waals surface area contributed by atoms with E-state index in [1.54, 1.807) is 6.92 Å². The van der Waals surface area contributed by atoms with Crippen molar-refractivity contribution >= 4 is 17.2 Å². The van der Waals surface area contributed by atoms with Gasteiger partial charge in [0.05, 0.1) is 23.1 Å². The van der Waals surface area contributed by atoms with E-state index in [0.717, 1.165) is 23.1 Å². The van der Waals surface area contributed by atoms with Crippen LogP contribution >= 0.6 is 11.3 Å². The first-order chi connectivity index (χ1) is 13.2. The number of hydrogen-bond acceptors (Lipinski definition) is 6. The van der Waals surface area contributed by atoms with Gasteiger partial charge < -0.3 is 9.84 Å². The quantitative estimate of drug-likeness (QED) is 0.622. The first-order valence-electron chi connectivity index (χ1n) is 8.09. The molecule has 3 aromatic heterocycles. The van der Waals surface area contributed by atoms with E-state index >= 15 is 0 Å². The molecule has 1 amide bonds. The van der Waals surface area contributed by atoms with E-state index in [-0.39, 0.29) is 4.88 Å². The molecule has 1 N–H and O–H groups in total. The summed E-state index contributed by atoms with van der Waals surface area (Å²) >= 11 is 1.02. The average Bonchev–Trinajstić information content (AvgIpc) is 3.25. The summed E-state index contributed by atoms with van der Waals surface area (Å²) in [6.45, 7) is 0.334. The van der Waals surface area contributed by atoms with Crippen molar-refractivity contribution in [1.29, 1.82) is 0 Å². The monoisotopic (exact) mass is 414 g/mol. The SMILES string of the molecule is Cc1onc(-c2ccc(F)cn2)c1CCc1ncc(C(=O)NCC(F)(F)F)s1. The normalized spacial score (nSPS) is 11.6. The Labute approximate surface area is 160 Å². The lowest BCUT2D eigenvalue weighted by molar-refractivity contribution is -0.123.